The second kappa shape index (κ2) is 52.2. The molecule has 0 N–H and O–H groups in total. The lowest BCUT2D eigenvalue weighted by Crippen LogP contribution is -2.30. The quantitative estimate of drug-likeness (QED) is 0.0262. The second-order valence-electron chi connectivity index (χ2n) is 17.4. The number of esters is 3. The summed E-state index contributed by atoms with van der Waals surface area (Å²) in [5.41, 5.74) is 0. The molecule has 0 aliphatic heterocycles. The van der Waals surface area contributed by atoms with Crippen molar-refractivity contribution in [2.24, 2.45) is 0 Å². The molecule has 0 fully saturated rings. The summed E-state index contributed by atoms with van der Waals surface area (Å²) in [5.74, 6) is -0.997. The highest BCUT2D eigenvalue weighted by Crippen LogP contribution is 2.15. The van der Waals surface area contributed by atoms with E-state index in [-0.39, 0.29) is 31.6 Å². The third kappa shape index (κ3) is 49.6. The van der Waals surface area contributed by atoms with E-state index >= 15 is 0 Å². The van der Waals surface area contributed by atoms with E-state index < -0.39 is 12.1 Å². The fraction of sp³-hybridized carbons (Fsp3) is 0.707. The lowest BCUT2D eigenvalue weighted by atomic mass is 10.0. The molecule has 6 nitrogen and oxygen atoms in total. The molecule has 0 aromatic heterocycles. The third-order valence-corrected chi connectivity index (χ3v) is 11.1. The summed E-state index contributed by atoms with van der Waals surface area (Å²) in [6.07, 6.45) is 67.2. The van der Waals surface area contributed by atoms with Gasteiger partial charge < -0.3 is 14.2 Å². The first-order chi connectivity index (χ1) is 31.5. The Labute approximate surface area is 395 Å². The van der Waals surface area contributed by atoms with Crippen LogP contribution in [0.4, 0.5) is 0 Å². The summed E-state index contributed by atoms with van der Waals surface area (Å²) in [4.78, 5) is 38.0. The summed E-state index contributed by atoms with van der Waals surface area (Å²) in [6, 6.07) is 0. The number of hydrogen-bond acceptors (Lipinski definition) is 6. The van der Waals surface area contributed by atoms with E-state index in [1.54, 1.807) is 0 Å². The van der Waals surface area contributed by atoms with Crippen molar-refractivity contribution in [3.05, 3.63) is 85.1 Å². The Morgan fingerprint density at radius 1 is 0.328 bits per heavy atom. The van der Waals surface area contributed by atoms with Gasteiger partial charge in [0.15, 0.2) is 6.10 Å². The van der Waals surface area contributed by atoms with Gasteiger partial charge in [0.05, 0.1) is 0 Å². The minimum absolute atomic E-state index is 0.107. The van der Waals surface area contributed by atoms with Gasteiger partial charge in [0.25, 0.3) is 0 Å². The van der Waals surface area contributed by atoms with Gasteiger partial charge in [-0.15, -0.1) is 0 Å². The van der Waals surface area contributed by atoms with Crippen LogP contribution in [0.15, 0.2) is 85.1 Å². The standard InChI is InChI=1S/C58H98O6/c1-4-7-10-13-16-19-22-25-27-29-31-33-36-39-42-45-48-51-57(60)63-54-55(53-62-56(59)50-47-44-41-38-35-32-24-21-18-15-12-9-6-3)64-58(61)52-49-46-43-40-37-34-30-28-26-23-20-17-14-11-8-5-2/h8,11,16-17,19-20,25-28,34,37,43,46,55H,4-7,9-10,12-15,18,21-24,29-33,35-36,38-42,44-45,47-54H2,1-3H3/b11-8-,19-16-,20-17-,27-25-,28-26-,37-34-,46-43-. The predicted molar refractivity (Wildman–Crippen MR) is 274 cm³/mol. The van der Waals surface area contributed by atoms with Crippen LogP contribution in [0.5, 0.6) is 0 Å². The van der Waals surface area contributed by atoms with Crippen LogP contribution in [-0.4, -0.2) is 37.2 Å². The molecular formula is C58H98O6. The van der Waals surface area contributed by atoms with E-state index in [9.17, 15) is 14.4 Å². The average molecular weight is 891 g/mol. The minimum Gasteiger partial charge on any atom is -0.462 e. The maximum atomic E-state index is 12.8. The first-order valence-corrected chi connectivity index (χ1v) is 26.6. The maximum Gasteiger partial charge on any atom is 0.306 e. The van der Waals surface area contributed by atoms with Crippen molar-refractivity contribution in [2.45, 2.75) is 252 Å². The number of carbonyl (C=O) groups excluding carboxylic acids is 3. The Hall–Kier alpha value is -3.41. The Balaban J connectivity index is 4.49. The predicted octanol–water partition coefficient (Wildman–Crippen LogP) is 17.6. The molecule has 6 heteroatoms. The van der Waals surface area contributed by atoms with E-state index in [2.05, 4.69) is 93.7 Å². The molecule has 0 radical (unpaired) electrons. The zero-order chi connectivity index (χ0) is 46.5. The maximum absolute atomic E-state index is 12.8. The van der Waals surface area contributed by atoms with Crippen molar-refractivity contribution in [2.75, 3.05) is 13.2 Å². The molecule has 0 saturated heterocycles. The van der Waals surface area contributed by atoms with Crippen LogP contribution < -0.4 is 0 Å². The highest BCUT2D eigenvalue weighted by molar-refractivity contribution is 5.71. The van der Waals surface area contributed by atoms with Gasteiger partial charge in [0.1, 0.15) is 13.2 Å². The lowest BCUT2D eigenvalue weighted by molar-refractivity contribution is -0.166. The summed E-state index contributed by atoms with van der Waals surface area (Å²) in [5, 5.41) is 0. The number of unbranched alkanes of at least 4 members (excludes halogenated alkanes) is 22. The van der Waals surface area contributed by atoms with Crippen molar-refractivity contribution in [1.82, 2.24) is 0 Å². The van der Waals surface area contributed by atoms with Crippen molar-refractivity contribution in [1.29, 1.82) is 0 Å². The van der Waals surface area contributed by atoms with E-state index in [1.165, 1.54) is 116 Å². The Morgan fingerprint density at radius 2 is 0.641 bits per heavy atom. The minimum atomic E-state index is -0.817. The van der Waals surface area contributed by atoms with Gasteiger partial charge in [-0.3, -0.25) is 14.4 Å². The van der Waals surface area contributed by atoms with Gasteiger partial charge in [0.2, 0.25) is 0 Å². The molecule has 0 aliphatic rings. The molecule has 0 spiro atoms. The van der Waals surface area contributed by atoms with Crippen LogP contribution in [0.1, 0.15) is 245 Å². The smallest absolute Gasteiger partial charge is 0.306 e. The molecule has 0 amide bonds. The molecule has 0 aromatic rings. The molecule has 64 heavy (non-hydrogen) atoms. The molecule has 0 heterocycles. The van der Waals surface area contributed by atoms with E-state index in [4.69, 9.17) is 14.2 Å². The van der Waals surface area contributed by atoms with Crippen molar-refractivity contribution in [3.8, 4) is 0 Å². The normalized spacial score (nSPS) is 12.7. The molecule has 0 aromatic carbocycles. The lowest BCUT2D eigenvalue weighted by Gasteiger charge is -2.18. The molecule has 0 aliphatic carbocycles. The highest BCUT2D eigenvalue weighted by atomic mass is 16.6. The first-order valence-electron chi connectivity index (χ1n) is 26.6. The fourth-order valence-corrected chi connectivity index (χ4v) is 7.17. The second-order valence-corrected chi connectivity index (χ2v) is 17.4. The van der Waals surface area contributed by atoms with Crippen LogP contribution in [0.3, 0.4) is 0 Å². The van der Waals surface area contributed by atoms with Crippen molar-refractivity contribution in [3.63, 3.8) is 0 Å². The van der Waals surface area contributed by atoms with Gasteiger partial charge in [-0.1, -0.05) is 228 Å². The topological polar surface area (TPSA) is 78.9 Å². The van der Waals surface area contributed by atoms with E-state index in [0.29, 0.717) is 19.3 Å². The monoisotopic (exact) mass is 891 g/mol. The Morgan fingerprint density at radius 3 is 1.05 bits per heavy atom. The highest BCUT2D eigenvalue weighted by Gasteiger charge is 2.19. The van der Waals surface area contributed by atoms with Crippen LogP contribution in [-0.2, 0) is 28.6 Å². The third-order valence-electron chi connectivity index (χ3n) is 11.1. The van der Waals surface area contributed by atoms with Crippen LogP contribution in [0, 0.1) is 0 Å². The van der Waals surface area contributed by atoms with Gasteiger partial charge in [-0.2, -0.15) is 0 Å². The molecule has 0 rings (SSSR count). The zero-order valence-corrected chi connectivity index (χ0v) is 41.8. The van der Waals surface area contributed by atoms with Crippen LogP contribution in [0.25, 0.3) is 0 Å². The molecule has 0 bridgehead atoms. The van der Waals surface area contributed by atoms with Gasteiger partial charge in [-0.05, 0) is 83.5 Å². The van der Waals surface area contributed by atoms with Gasteiger partial charge in [0, 0.05) is 19.3 Å². The zero-order valence-electron chi connectivity index (χ0n) is 41.8. The van der Waals surface area contributed by atoms with Crippen molar-refractivity contribution >= 4 is 17.9 Å². The van der Waals surface area contributed by atoms with Crippen LogP contribution >= 0.6 is 0 Å². The van der Waals surface area contributed by atoms with E-state index in [0.717, 1.165) is 83.5 Å². The largest absolute Gasteiger partial charge is 0.462 e. The molecule has 366 valence electrons. The fourth-order valence-electron chi connectivity index (χ4n) is 7.17. The number of ether oxygens (including phenoxy) is 3. The van der Waals surface area contributed by atoms with Gasteiger partial charge >= 0.3 is 17.9 Å². The Kier molecular flexibility index (Phi) is 49.4. The summed E-state index contributed by atoms with van der Waals surface area (Å²) in [7, 11) is 0. The Bertz CT molecular complexity index is 1250. The summed E-state index contributed by atoms with van der Waals surface area (Å²) < 4.78 is 16.7. The molecule has 0 saturated carbocycles. The number of allylic oxidation sites excluding steroid dienone is 14. The molecule has 1 atom stereocenters. The first kappa shape index (κ1) is 60.6. The summed E-state index contributed by atoms with van der Waals surface area (Å²) >= 11 is 0. The average Bonchev–Trinajstić information content (AvgIpc) is 3.29. The molecule has 1 unspecified atom stereocenters. The number of hydrogen-bond donors (Lipinski definition) is 0. The SMILES string of the molecule is CC/C=C\C/C=C\C/C=C\C/C=C\C/C=C\CCC(=O)OC(COC(=O)CCCCCCCCC/C=C\C/C=C\CCCCC)COC(=O)CCCCCCCCCCCCCCC. The van der Waals surface area contributed by atoms with Crippen LogP contribution in [0.2, 0.25) is 0 Å². The van der Waals surface area contributed by atoms with Gasteiger partial charge in [-0.25, -0.2) is 0 Å². The van der Waals surface area contributed by atoms with Crippen molar-refractivity contribution < 1.29 is 28.6 Å². The molecular weight excluding hydrogens is 793 g/mol. The number of rotatable bonds is 47. The van der Waals surface area contributed by atoms with E-state index in [1.807, 2.05) is 12.2 Å². The summed E-state index contributed by atoms with van der Waals surface area (Å²) in [6.45, 7) is 6.43. The number of carbonyl (C=O) groups is 3.